The maximum absolute atomic E-state index is 10.8. The number of thiocarbonyl (C=S) groups is 1. The van der Waals surface area contributed by atoms with E-state index in [1.807, 2.05) is 0 Å². The average Bonchev–Trinajstić information content (AvgIpc) is 2.07. The van der Waals surface area contributed by atoms with Crippen LogP contribution in [0.15, 0.2) is 24.3 Å². The molecule has 1 aromatic carbocycles. The fraction of sp³-hybridized carbons (Fsp3) is 0.125. The van der Waals surface area contributed by atoms with Crippen LogP contribution in [0.5, 0.6) is 5.75 Å². The minimum absolute atomic E-state index is 0.0206. The fourth-order valence-electron chi connectivity index (χ4n) is 0.985. The van der Waals surface area contributed by atoms with E-state index < -0.39 is 15.4 Å². The van der Waals surface area contributed by atoms with E-state index in [-0.39, 0.29) is 5.75 Å². The SMILES string of the molecule is O=S(=O)(O)C(C=S)c1ccc(O)cc1. The third-order valence-electron chi connectivity index (χ3n) is 1.67. The van der Waals surface area contributed by atoms with Gasteiger partial charge < -0.3 is 5.11 Å². The first-order chi connectivity index (χ1) is 6.45. The Bertz CT molecular complexity index is 421. The van der Waals surface area contributed by atoms with Gasteiger partial charge in [-0.05, 0) is 17.7 Å². The number of phenols is 1. The molecule has 14 heavy (non-hydrogen) atoms. The summed E-state index contributed by atoms with van der Waals surface area (Å²) in [6.07, 6.45) is 0. The van der Waals surface area contributed by atoms with Crippen LogP contribution in [0.2, 0.25) is 0 Å². The van der Waals surface area contributed by atoms with Gasteiger partial charge in [-0.15, -0.1) is 0 Å². The summed E-state index contributed by atoms with van der Waals surface area (Å²) in [4.78, 5) is 0. The van der Waals surface area contributed by atoms with Crippen molar-refractivity contribution < 1.29 is 18.1 Å². The summed E-state index contributed by atoms with van der Waals surface area (Å²) in [6, 6.07) is 5.42. The molecule has 6 heteroatoms. The largest absolute Gasteiger partial charge is 0.508 e. The van der Waals surface area contributed by atoms with Gasteiger partial charge in [0, 0.05) is 5.37 Å². The van der Waals surface area contributed by atoms with Crippen LogP contribution in [0.3, 0.4) is 0 Å². The van der Waals surface area contributed by atoms with Crippen molar-refractivity contribution >= 4 is 27.7 Å². The van der Waals surface area contributed by atoms with Crippen molar-refractivity contribution in [2.45, 2.75) is 5.25 Å². The molecule has 0 saturated carbocycles. The highest BCUT2D eigenvalue weighted by Crippen LogP contribution is 2.21. The number of hydrogen-bond acceptors (Lipinski definition) is 4. The van der Waals surface area contributed by atoms with Crippen LogP contribution in [0, 0.1) is 0 Å². The summed E-state index contributed by atoms with van der Waals surface area (Å²) in [7, 11) is -4.22. The minimum Gasteiger partial charge on any atom is -0.508 e. The van der Waals surface area contributed by atoms with Gasteiger partial charge >= 0.3 is 0 Å². The van der Waals surface area contributed by atoms with Gasteiger partial charge in [0.25, 0.3) is 10.1 Å². The van der Waals surface area contributed by atoms with E-state index in [9.17, 15) is 8.42 Å². The molecule has 0 bridgehead atoms. The first-order valence-corrected chi connectivity index (χ1v) is 5.63. The molecule has 1 unspecified atom stereocenters. The average molecular weight is 232 g/mol. The van der Waals surface area contributed by atoms with E-state index in [4.69, 9.17) is 9.66 Å². The molecule has 0 fully saturated rings. The minimum atomic E-state index is -4.22. The van der Waals surface area contributed by atoms with Gasteiger partial charge in [0.15, 0.2) is 0 Å². The zero-order valence-electron chi connectivity index (χ0n) is 6.99. The maximum Gasteiger partial charge on any atom is 0.276 e. The summed E-state index contributed by atoms with van der Waals surface area (Å²) in [6.45, 7) is 0. The van der Waals surface area contributed by atoms with Crippen LogP contribution in [0.1, 0.15) is 10.8 Å². The second-order valence-electron chi connectivity index (χ2n) is 2.66. The van der Waals surface area contributed by atoms with Crippen LogP contribution in [0.25, 0.3) is 0 Å². The normalized spacial score (nSPS) is 13.5. The van der Waals surface area contributed by atoms with Gasteiger partial charge in [-0.1, -0.05) is 24.4 Å². The number of aromatic hydroxyl groups is 1. The van der Waals surface area contributed by atoms with Crippen LogP contribution in [0.4, 0.5) is 0 Å². The number of phenolic OH excluding ortho intramolecular Hbond substituents is 1. The lowest BCUT2D eigenvalue weighted by Crippen LogP contribution is -2.12. The molecule has 0 aromatic heterocycles. The highest BCUT2D eigenvalue weighted by Gasteiger charge is 2.21. The second-order valence-corrected chi connectivity index (χ2v) is 4.47. The first kappa shape index (κ1) is 11.1. The van der Waals surface area contributed by atoms with Crippen molar-refractivity contribution in [2.75, 3.05) is 0 Å². The topological polar surface area (TPSA) is 74.6 Å². The second kappa shape index (κ2) is 4.04. The number of benzene rings is 1. The smallest absolute Gasteiger partial charge is 0.276 e. The summed E-state index contributed by atoms with van der Waals surface area (Å²) in [5.41, 5.74) is 0.320. The van der Waals surface area contributed by atoms with Gasteiger partial charge in [0.1, 0.15) is 11.0 Å². The molecule has 4 nitrogen and oxygen atoms in total. The Hall–Kier alpha value is -0.980. The van der Waals surface area contributed by atoms with E-state index in [1.54, 1.807) is 0 Å². The van der Waals surface area contributed by atoms with Crippen molar-refractivity contribution in [1.82, 2.24) is 0 Å². The van der Waals surface area contributed by atoms with E-state index in [0.29, 0.717) is 5.56 Å². The Morgan fingerprint density at radius 3 is 2.14 bits per heavy atom. The summed E-state index contributed by atoms with van der Waals surface area (Å²) in [5, 5.41) is 8.70. The summed E-state index contributed by atoms with van der Waals surface area (Å²) < 4.78 is 30.5. The van der Waals surface area contributed by atoms with Crippen molar-refractivity contribution in [1.29, 1.82) is 0 Å². The molecule has 76 valence electrons. The van der Waals surface area contributed by atoms with E-state index in [1.165, 1.54) is 24.3 Å². The predicted octanol–water partition coefficient (Wildman–Crippen LogP) is 1.32. The number of hydrogen-bond donors (Lipinski definition) is 2. The molecule has 1 aromatic rings. The van der Waals surface area contributed by atoms with Crippen LogP contribution in [-0.2, 0) is 10.1 Å². The molecule has 1 rings (SSSR count). The summed E-state index contributed by atoms with van der Waals surface area (Å²) in [5.74, 6) is 0.0206. The van der Waals surface area contributed by atoms with Crippen molar-refractivity contribution in [3.63, 3.8) is 0 Å². The molecule has 0 saturated heterocycles. The molecular formula is C8H8O4S2. The Morgan fingerprint density at radius 2 is 1.79 bits per heavy atom. The zero-order chi connectivity index (χ0) is 10.8. The first-order valence-electron chi connectivity index (χ1n) is 3.65. The van der Waals surface area contributed by atoms with E-state index >= 15 is 0 Å². The third-order valence-corrected chi connectivity index (χ3v) is 3.16. The molecule has 0 amide bonds. The monoisotopic (exact) mass is 232 g/mol. The van der Waals surface area contributed by atoms with Crippen LogP contribution < -0.4 is 0 Å². The van der Waals surface area contributed by atoms with Gasteiger partial charge in [0.2, 0.25) is 0 Å². The Labute approximate surface area is 86.9 Å². The highest BCUT2D eigenvalue weighted by atomic mass is 32.2. The molecule has 1 atom stereocenters. The molecular weight excluding hydrogens is 224 g/mol. The molecule has 0 aliphatic heterocycles. The molecule has 2 N–H and O–H groups in total. The number of rotatable bonds is 3. The highest BCUT2D eigenvalue weighted by molar-refractivity contribution is 7.89. The van der Waals surface area contributed by atoms with Gasteiger partial charge in [0.05, 0.1) is 0 Å². The van der Waals surface area contributed by atoms with Crippen molar-refractivity contribution in [2.24, 2.45) is 0 Å². The maximum atomic E-state index is 10.8. The predicted molar refractivity (Wildman–Crippen MR) is 56.1 cm³/mol. The zero-order valence-corrected chi connectivity index (χ0v) is 8.62. The molecule has 0 heterocycles. The van der Waals surface area contributed by atoms with E-state index in [2.05, 4.69) is 12.2 Å². The fourth-order valence-corrected chi connectivity index (χ4v) is 2.20. The molecule has 0 spiro atoms. The van der Waals surface area contributed by atoms with E-state index in [0.717, 1.165) is 5.37 Å². The lowest BCUT2D eigenvalue weighted by atomic mass is 10.2. The Morgan fingerprint density at radius 1 is 1.29 bits per heavy atom. The molecule has 0 radical (unpaired) electrons. The van der Waals surface area contributed by atoms with Gasteiger partial charge in [-0.25, -0.2) is 0 Å². The van der Waals surface area contributed by atoms with Crippen LogP contribution >= 0.6 is 12.2 Å². The van der Waals surface area contributed by atoms with Crippen molar-refractivity contribution in [3.8, 4) is 5.75 Å². The summed E-state index contributed by atoms with van der Waals surface area (Å²) >= 11 is 4.51. The third kappa shape index (κ3) is 2.50. The van der Waals surface area contributed by atoms with Crippen LogP contribution in [-0.4, -0.2) is 23.4 Å². The Balaban J connectivity index is 3.15. The molecule has 0 aliphatic carbocycles. The van der Waals surface area contributed by atoms with Gasteiger partial charge in [-0.2, -0.15) is 8.42 Å². The quantitative estimate of drug-likeness (QED) is 0.607. The lowest BCUT2D eigenvalue weighted by molar-refractivity contribution is 0.473. The lowest BCUT2D eigenvalue weighted by Gasteiger charge is -2.07. The van der Waals surface area contributed by atoms with Crippen molar-refractivity contribution in [3.05, 3.63) is 29.8 Å². The standard InChI is InChI=1S/C8H8O4S2/c9-7-3-1-6(2-4-7)8(5-13)14(10,11)12/h1-5,8-9H,(H,10,11,12). The Kier molecular flexibility index (Phi) is 3.20. The van der Waals surface area contributed by atoms with Gasteiger partial charge in [-0.3, -0.25) is 4.55 Å². The molecule has 0 aliphatic rings.